The molecule has 0 saturated carbocycles. The lowest BCUT2D eigenvalue weighted by Gasteiger charge is -2.36. The first-order valence-corrected chi connectivity index (χ1v) is 15.1. The van der Waals surface area contributed by atoms with Crippen LogP contribution in [-0.4, -0.2) is 50.9 Å². The highest BCUT2D eigenvalue weighted by molar-refractivity contribution is 6.24. The fraction of sp³-hybridized carbons (Fsp3) is 0.314. The van der Waals surface area contributed by atoms with Gasteiger partial charge in [-0.05, 0) is 46.7 Å². The van der Waals surface area contributed by atoms with Crippen molar-refractivity contribution in [2.45, 2.75) is 64.6 Å². The van der Waals surface area contributed by atoms with Gasteiger partial charge in [0.2, 0.25) is 0 Å². The van der Waals surface area contributed by atoms with Crippen LogP contribution in [0.5, 0.6) is 0 Å². The van der Waals surface area contributed by atoms with Crippen LogP contribution < -0.4 is 10.2 Å². The van der Waals surface area contributed by atoms with Crippen LogP contribution in [0.4, 0.5) is 10.5 Å². The van der Waals surface area contributed by atoms with E-state index in [1.807, 2.05) is 43.3 Å². The summed E-state index contributed by atoms with van der Waals surface area (Å²) in [5.41, 5.74) is 5.03. The molecule has 2 aliphatic rings. The van der Waals surface area contributed by atoms with Crippen LogP contribution in [0, 0.1) is 5.92 Å². The van der Waals surface area contributed by atoms with Gasteiger partial charge in [0, 0.05) is 23.0 Å². The molecule has 4 atom stereocenters. The number of aromatic amines is 1. The van der Waals surface area contributed by atoms with Crippen LogP contribution in [0.25, 0.3) is 10.9 Å². The van der Waals surface area contributed by atoms with E-state index in [-0.39, 0.29) is 17.2 Å². The van der Waals surface area contributed by atoms with Crippen LogP contribution in [0.3, 0.4) is 0 Å². The van der Waals surface area contributed by atoms with Gasteiger partial charge in [-0.2, -0.15) is 0 Å². The Bertz CT molecular complexity index is 1780. The van der Waals surface area contributed by atoms with Crippen LogP contribution in [0.1, 0.15) is 78.8 Å². The summed E-state index contributed by atoms with van der Waals surface area (Å²) in [5, 5.41) is 13.4. The second-order valence-corrected chi connectivity index (χ2v) is 12.1. The van der Waals surface area contributed by atoms with Crippen molar-refractivity contribution in [1.29, 1.82) is 0 Å². The molecule has 0 unspecified atom stereocenters. The van der Waals surface area contributed by atoms with E-state index in [1.165, 1.54) is 11.6 Å². The van der Waals surface area contributed by atoms with E-state index in [4.69, 9.17) is 0 Å². The third kappa shape index (κ3) is 4.72. The van der Waals surface area contributed by atoms with Gasteiger partial charge in [0.15, 0.2) is 0 Å². The average molecular weight is 593 g/mol. The number of fused-ring (bicyclic) bond motifs is 4. The lowest BCUT2D eigenvalue weighted by atomic mass is 9.88. The molecule has 3 heterocycles. The van der Waals surface area contributed by atoms with E-state index in [0.717, 1.165) is 32.6 Å². The first-order valence-electron chi connectivity index (χ1n) is 15.1. The Morgan fingerprint density at radius 2 is 1.66 bits per heavy atom. The van der Waals surface area contributed by atoms with E-state index in [0.29, 0.717) is 18.8 Å². The number of anilines is 1. The molecular formula is C35H36N4O5. The second kappa shape index (κ2) is 11.3. The van der Waals surface area contributed by atoms with E-state index < -0.39 is 41.9 Å². The molecule has 3 N–H and O–H groups in total. The molecule has 44 heavy (non-hydrogen) atoms. The van der Waals surface area contributed by atoms with Crippen LogP contribution in [0.15, 0.2) is 72.8 Å². The first kappa shape index (κ1) is 29.2. The highest BCUT2D eigenvalue weighted by atomic mass is 16.4. The van der Waals surface area contributed by atoms with Gasteiger partial charge < -0.3 is 15.4 Å². The number of aliphatic carboxylic acids is 1. The number of rotatable bonds is 8. The number of carbonyl (C=O) groups excluding carboxylic acids is 3. The molecule has 1 aromatic heterocycles. The number of benzene rings is 3. The zero-order valence-corrected chi connectivity index (χ0v) is 25.2. The van der Waals surface area contributed by atoms with Crippen LogP contribution >= 0.6 is 0 Å². The number of carboxylic acid groups (broad SMARTS) is 1. The maximum absolute atomic E-state index is 14.4. The maximum atomic E-state index is 14.4. The van der Waals surface area contributed by atoms with Crippen LogP contribution in [-0.2, 0) is 16.0 Å². The minimum absolute atomic E-state index is 0.0606. The molecule has 1 fully saturated rings. The number of nitrogens with one attached hydrogen (secondary N) is 2. The normalized spacial score (nSPS) is 19.2. The number of H-pyrrole nitrogens is 1. The predicted octanol–water partition coefficient (Wildman–Crippen LogP) is 6.00. The topological polar surface area (TPSA) is 123 Å². The molecule has 3 aromatic carbocycles. The zero-order valence-electron chi connectivity index (χ0n) is 25.2. The molecule has 226 valence electrons. The monoisotopic (exact) mass is 592 g/mol. The molecule has 9 heteroatoms. The minimum atomic E-state index is -1.14. The van der Waals surface area contributed by atoms with Crippen molar-refractivity contribution in [3.63, 3.8) is 0 Å². The highest BCUT2D eigenvalue weighted by Gasteiger charge is 2.53. The highest BCUT2D eigenvalue weighted by Crippen LogP contribution is 2.45. The van der Waals surface area contributed by atoms with E-state index in [9.17, 15) is 24.3 Å². The molecule has 0 bridgehead atoms. The fourth-order valence-electron chi connectivity index (χ4n) is 6.47. The van der Waals surface area contributed by atoms with Gasteiger partial charge in [-0.3, -0.25) is 14.5 Å². The summed E-state index contributed by atoms with van der Waals surface area (Å²) in [6.45, 7) is 7.85. The summed E-state index contributed by atoms with van der Waals surface area (Å²) in [6, 6.07) is 19.4. The quantitative estimate of drug-likeness (QED) is 0.217. The Morgan fingerprint density at radius 1 is 0.977 bits per heavy atom. The van der Waals surface area contributed by atoms with E-state index >= 15 is 0 Å². The van der Waals surface area contributed by atoms with Gasteiger partial charge in [-0.15, -0.1) is 0 Å². The van der Waals surface area contributed by atoms with Crippen molar-refractivity contribution >= 4 is 40.4 Å². The lowest BCUT2D eigenvalue weighted by molar-refractivity contribution is -0.140. The number of hydrogen-bond donors (Lipinski definition) is 3. The maximum Gasteiger partial charge on any atom is 0.332 e. The smallest absolute Gasteiger partial charge is 0.332 e. The minimum Gasteiger partial charge on any atom is -0.480 e. The summed E-state index contributed by atoms with van der Waals surface area (Å²) < 4.78 is 0. The number of carbonyl (C=O) groups is 4. The molecule has 1 saturated heterocycles. The zero-order chi connectivity index (χ0) is 31.3. The number of urea groups is 1. The number of amides is 4. The fourth-order valence-corrected chi connectivity index (χ4v) is 6.47. The summed E-state index contributed by atoms with van der Waals surface area (Å²) in [6.07, 6.45) is 0.872. The molecular weight excluding hydrogens is 556 g/mol. The van der Waals surface area contributed by atoms with Crippen molar-refractivity contribution in [3.05, 3.63) is 101 Å². The summed E-state index contributed by atoms with van der Waals surface area (Å²) >= 11 is 0. The third-order valence-corrected chi connectivity index (χ3v) is 9.12. The van der Waals surface area contributed by atoms with Crippen molar-refractivity contribution in [3.8, 4) is 0 Å². The molecule has 6 rings (SSSR count). The largest absolute Gasteiger partial charge is 0.480 e. The average Bonchev–Trinajstić information content (AvgIpc) is 3.52. The van der Waals surface area contributed by atoms with E-state index in [2.05, 4.69) is 36.3 Å². The molecule has 4 aromatic rings. The molecule has 0 aliphatic carbocycles. The van der Waals surface area contributed by atoms with Crippen LogP contribution in [0.2, 0.25) is 0 Å². The van der Waals surface area contributed by atoms with Gasteiger partial charge in [-0.25, -0.2) is 14.5 Å². The Morgan fingerprint density at radius 3 is 2.34 bits per heavy atom. The summed E-state index contributed by atoms with van der Waals surface area (Å²) in [4.78, 5) is 60.3. The number of hydrogen-bond acceptors (Lipinski definition) is 4. The summed E-state index contributed by atoms with van der Waals surface area (Å²) in [5.74, 6) is -2.21. The number of carboxylic acids is 1. The molecule has 9 nitrogen and oxygen atoms in total. The molecule has 0 spiro atoms. The number of imide groups is 1. The number of nitrogens with zero attached hydrogens (tertiary/aromatic N) is 2. The molecule has 4 amide bonds. The first-order chi connectivity index (χ1) is 21.1. The third-order valence-electron chi connectivity index (χ3n) is 9.12. The Balaban J connectivity index is 1.43. The Hall–Kier alpha value is -4.92. The summed E-state index contributed by atoms with van der Waals surface area (Å²) in [7, 11) is 0. The van der Waals surface area contributed by atoms with Gasteiger partial charge in [0.1, 0.15) is 18.1 Å². The standard InChI is InChI=1S/C35H36N4O5/c1-5-20(4)29(34(42)43)37-32(40)24-11-7-9-13-27(24)39-33(41)28-18-25-23-10-6-8-12-26(23)36-30(25)31(38(28)35(39)44)22-16-14-21(15-17-22)19(2)3/h6-17,19-20,28-29,31,36H,5,18H2,1-4H3,(H,37,40)(H,42,43)/t20-,28+,29+,31-/m1/s1. The van der Waals surface area contributed by atoms with E-state index in [1.54, 1.807) is 30.0 Å². The van der Waals surface area contributed by atoms with Crippen molar-refractivity contribution in [2.75, 3.05) is 4.90 Å². The Labute approximate surface area is 255 Å². The van der Waals surface area contributed by atoms with Gasteiger partial charge in [0.25, 0.3) is 11.8 Å². The number of para-hydroxylation sites is 2. The SMILES string of the molecule is CC[C@@H](C)[C@H](NC(=O)c1ccccc1N1C(=O)[C@@H]2Cc3c([nH]c4ccccc34)[C@@H](c3ccc(C(C)C)cc3)N2C1=O)C(=O)O. The lowest BCUT2D eigenvalue weighted by Crippen LogP contribution is -2.45. The predicted molar refractivity (Wildman–Crippen MR) is 168 cm³/mol. The second-order valence-electron chi connectivity index (χ2n) is 12.1. The van der Waals surface area contributed by atoms with Gasteiger partial charge in [-0.1, -0.05) is 88.7 Å². The molecule has 0 radical (unpaired) electrons. The Kier molecular flexibility index (Phi) is 7.49. The number of aromatic nitrogens is 1. The van der Waals surface area contributed by atoms with Gasteiger partial charge in [0.05, 0.1) is 11.3 Å². The van der Waals surface area contributed by atoms with Gasteiger partial charge >= 0.3 is 12.0 Å². The van der Waals surface area contributed by atoms with Crippen molar-refractivity contribution in [1.82, 2.24) is 15.2 Å². The molecule has 2 aliphatic heterocycles. The van der Waals surface area contributed by atoms with Crippen molar-refractivity contribution < 1.29 is 24.3 Å². The van der Waals surface area contributed by atoms with Crippen molar-refractivity contribution in [2.24, 2.45) is 5.92 Å².